The molecule has 1 heterocycles. The number of aliphatic hydroxyl groups excluding tert-OH is 5. The van der Waals surface area contributed by atoms with Gasteiger partial charge in [-0.25, -0.2) is 0 Å². The minimum absolute atomic E-state index is 0.632. The molecule has 0 bridgehead atoms. The molecule has 1 saturated heterocycles. The number of amides is 1. The van der Waals surface area contributed by atoms with Crippen molar-refractivity contribution < 1.29 is 35.1 Å². The van der Waals surface area contributed by atoms with Crippen molar-refractivity contribution in [1.29, 1.82) is 0 Å². The van der Waals surface area contributed by atoms with E-state index in [0.29, 0.717) is 0 Å². The maximum atomic E-state index is 10.7. The van der Waals surface area contributed by atoms with Crippen LogP contribution in [0.4, 0.5) is 0 Å². The number of hydrogen-bond donors (Lipinski definition) is 6. The largest absolute Gasteiger partial charge is 0.394 e. The molecule has 94 valence electrons. The van der Waals surface area contributed by atoms with E-state index in [1.165, 1.54) is 0 Å². The fourth-order valence-corrected chi connectivity index (χ4v) is 1.55. The third-order valence-electron chi connectivity index (χ3n) is 2.53. The van der Waals surface area contributed by atoms with Gasteiger partial charge in [-0.1, -0.05) is 0 Å². The van der Waals surface area contributed by atoms with Crippen molar-refractivity contribution in [3.63, 3.8) is 0 Å². The molecule has 0 aromatic rings. The summed E-state index contributed by atoms with van der Waals surface area (Å²) in [7, 11) is 0. The Morgan fingerprint density at radius 1 is 1.25 bits per heavy atom. The molecular formula is C8H15NO7. The summed E-state index contributed by atoms with van der Waals surface area (Å²) >= 11 is 0. The summed E-state index contributed by atoms with van der Waals surface area (Å²) in [6.07, 6.45) is -9.31. The first-order valence-corrected chi connectivity index (χ1v) is 4.68. The fraction of sp³-hybridized carbons (Fsp3) is 0.875. The van der Waals surface area contributed by atoms with Gasteiger partial charge in [0.05, 0.1) is 6.61 Å². The Balaban J connectivity index is 2.82. The van der Waals surface area contributed by atoms with Crippen molar-refractivity contribution in [3.8, 4) is 0 Å². The maximum absolute atomic E-state index is 10.7. The number of carbonyl (C=O) groups excluding carboxylic acids is 1. The van der Waals surface area contributed by atoms with Gasteiger partial charge in [0.25, 0.3) is 0 Å². The van der Waals surface area contributed by atoms with Crippen molar-refractivity contribution in [1.82, 2.24) is 0 Å². The Kier molecular flexibility index (Phi) is 4.19. The monoisotopic (exact) mass is 237 g/mol. The topological polar surface area (TPSA) is 153 Å². The molecule has 1 aliphatic heterocycles. The highest BCUT2D eigenvalue weighted by Crippen LogP contribution is 2.23. The van der Waals surface area contributed by atoms with Crippen molar-refractivity contribution in [3.05, 3.63) is 0 Å². The molecule has 6 atom stereocenters. The highest BCUT2D eigenvalue weighted by atomic mass is 16.6. The molecule has 1 aliphatic rings. The number of carbonyl (C=O) groups is 1. The molecule has 1 rings (SSSR count). The average molecular weight is 237 g/mol. The van der Waals surface area contributed by atoms with Gasteiger partial charge in [-0.15, -0.1) is 0 Å². The zero-order chi connectivity index (χ0) is 12.5. The molecule has 0 saturated carbocycles. The van der Waals surface area contributed by atoms with Crippen LogP contribution in [0.1, 0.15) is 0 Å². The van der Waals surface area contributed by atoms with E-state index in [2.05, 4.69) is 0 Å². The molecular weight excluding hydrogens is 222 g/mol. The predicted molar refractivity (Wildman–Crippen MR) is 49.0 cm³/mol. The molecule has 0 aromatic carbocycles. The lowest BCUT2D eigenvalue weighted by molar-refractivity contribution is -0.246. The van der Waals surface area contributed by atoms with Crippen LogP contribution in [0.3, 0.4) is 0 Å². The van der Waals surface area contributed by atoms with E-state index in [0.717, 1.165) is 0 Å². The Morgan fingerprint density at radius 2 is 1.81 bits per heavy atom. The molecule has 8 heteroatoms. The van der Waals surface area contributed by atoms with Crippen LogP contribution in [0.25, 0.3) is 0 Å². The third kappa shape index (κ3) is 2.32. The average Bonchev–Trinajstić information content (AvgIpc) is 2.25. The second-order valence-electron chi connectivity index (χ2n) is 3.64. The summed E-state index contributed by atoms with van der Waals surface area (Å²) in [5.41, 5.74) is 4.81. The summed E-state index contributed by atoms with van der Waals surface area (Å²) in [4.78, 5) is 10.7. The summed E-state index contributed by atoms with van der Waals surface area (Å²) < 4.78 is 4.89. The van der Waals surface area contributed by atoms with E-state index < -0.39 is 49.1 Å². The zero-order valence-electron chi connectivity index (χ0n) is 8.30. The predicted octanol–water partition coefficient (Wildman–Crippen LogP) is -4.32. The Labute approximate surface area is 90.9 Å². The normalized spacial score (nSPS) is 41.7. The zero-order valence-corrected chi connectivity index (χ0v) is 8.30. The van der Waals surface area contributed by atoms with Gasteiger partial charge in [-0.05, 0) is 0 Å². The summed E-state index contributed by atoms with van der Waals surface area (Å²) in [6.45, 7) is -0.632. The van der Waals surface area contributed by atoms with Crippen molar-refractivity contribution >= 4 is 5.91 Å². The van der Waals surface area contributed by atoms with Gasteiger partial charge in [0, 0.05) is 0 Å². The molecule has 7 N–H and O–H groups in total. The molecule has 0 aromatic heterocycles. The first-order chi connectivity index (χ1) is 7.40. The first kappa shape index (κ1) is 13.3. The Bertz CT molecular complexity index is 259. The third-order valence-corrected chi connectivity index (χ3v) is 2.53. The van der Waals surface area contributed by atoms with Crippen LogP contribution in [-0.4, -0.2) is 74.7 Å². The van der Waals surface area contributed by atoms with Crippen LogP contribution < -0.4 is 5.73 Å². The molecule has 0 radical (unpaired) electrons. The van der Waals surface area contributed by atoms with Gasteiger partial charge in [0.1, 0.15) is 30.5 Å². The minimum Gasteiger partial charge on any atom is -0.394 e. The van der Waals surface area contributed by atoms with Crippen molar-refractivity contribution in [2.24, 2.45) is 5.73 Å². The van der Waals surface area contributed by atoms with E-state index in [1.807, 2.05) is 0 Å². The summed E-state index contributed by atoms with van der Waals surface area (Å²) in [5.74, 6) is -1.13. The molecule has 1 fully saturated rings. The summed E-state index contributed by atoms with van der Waals surface area (Å²) in [5, 5.41) is 46.3. The van der Waals surface area contributed by atoms with Gasteiger partial charge >= 0.3 is 0 Å². The molecule has 8 nitrogen and oxygen atoms in total. The van der Waals surface area contributed by atoms with E-state index in [-0.39, 0.29) is 0 Å². The van der Waals surface area contributed by atoms with Gasteiger partial charge in [0.15, 0.2) is 6.10 Å². The first-order valence-electron chi connectivity index (χ1n) is 4.68. The van der Waals surface area contributed by atoms with Crippen molar-refractivity contribution in [2.75, 3.05) is 6.61 Å². The highest BCUT2D eigenvalue weighted by molar-refractivity contribution is 5.79. The van der Waals surface area contributed by atoms with E-state index in [1.54, 1.807) is 0 Å². The van der Waals surface area contributed by atoms with Crippen LogP contribution in [0, 0.1) is 0 Å². The lowest BCUT2D eigenvalue weighted by Crippen LogP contribution is -2.63. The molecule has 0 aliphatic carbocycles. The molecule has 16 heavy (non-hydrogen) atoms. The van der Waals surface area contributed by atoms with Crippen LogP contribution in [0.15, 0.2) is 0 Å². The SMILES string of the molecule is NC(=O)C(O)C1O[C@H](CO)[C@@H](O)[C@H](O)[C@H]1O. The van der Waals surface area contributed by atoms with Crippen LogP contribution >= 0.6 is 0 Å². The number of nitrogens with two attached hydrogens (primary N) is 1. The van der Waals surface area contributed by atoms with E-state index >= 15 is 0 Å². The second kappa shape index (κ2) is 5.04. The maximum Gasteiger partial charge on any atom is 0.249 e. The van der Waals surface area contributed by atoms with Gasteiger partial charge in [0.2, 0.25) is 5.91 Å². The number of hydrogen-bond acceptors (Lipinski definition) is 7. The molecule has 0 spiro atoms. The highest BCUT2D eigenvalue weighted by Gasteiger charge is 2.47. The molecule has 2 unspecified atom stereocenters. The smallest absolute Gasteiger partial charge is 0.249 e. The van der Waals surface area contributed by atoms with Crippen LogP contribution in [0.5, 0.6) is 0 Å². The Morgan fingerprint density at radius 3 is 2.25 bits per heavy atom. The van der Waals surface area contributed by atoms with Crippen LogP contribution in [0.2, 0.25) is 0 Å². The fourth-order valence-electron chi connectivity index (χ4n) is 1.55. The van der Waals surface area contributed by atoms with Crippen molar-refractivity contribution in [2.45, 2.75) is 36.6 Å². The number of ether oxygens (including phenoxy) is 1. The standard InChI is InChI=1S/C8H15NO7/c9-8(15)6(14)7-5(13)4(12)3(11)2(1-10)16-7/h2-7,10-14H,1H2,(H2,9,15)/t2-,3-,4+,5-,6?,7?/m1/s1. The number of aliphatic hydroxyl groups is 5. The van der Waals surface area contributed by atoms with E-state index in [9.17, 15) is 25.2 Å². The van der Waals surface area contributed by atoms with Crippen LogP contribution in [-0.2, 0) is 9.53 Å². The summed E-state index contributed by atoms with van der Waals surface area (Å²) in [6, 6.07) is 0. The van der Waals surface area contributed by atoms with Gasteiger partial charge < -0.3 is 36.0 Å². The quantitative estimate of drug-likeness (QED) is 0.290. The number of primary amides is 1. The molecule has 1 amide bonds. The Hall–Kier alpha value is -0.770. The lowest BCUT2D eigenvalue weighted by Gasteiger charge is -2.41. The van der Waals surface area contributed by atoms with E-state index in [4.69, 9.17) is 15.6 Å². The van der Waals surface area contributed by atoms with Gasteiger partial charge in [-0.3, -0.25) is 4.79 Å². The minimum atomic E-state index is -1.83. The van der Waals surface area contributed by atoms with Gasteiger partial charge in [-0.2, -0.15) is 0 Å². The number of rotatable bonds is 3. The lowest BCUT2D eigenvalue weighted by atomic mass is 9.92. The second-order valence-corrected chi connectivity index (χ2v) is 3.64.